The lowest BCUT2D eigenvalue weighted by Gasteiger charge is -2.11. The Labute approximate surface area is 111 Å². The van der Waals surface area contributed by atoms with Crippen LogP contribution in [0.3, 0.4) is 0 Å². The molecule has 1 aromatic carbocycles. The molecule has 0 amide bonds. The quantitative estimate of drug-likeness (QED) is 0.808. The van der Waals surface area contributed by atoms with Crippen LogP contribution in [0.5, 0.6) is 0 Å². The van der Waals surface area contributed by atoms with Gasteiger partial charge in [0.2, 0.25) is 10.0 Å². The number of aliphatic carboxylic acids is 1. The Hall–Kier alpha value is -1.61. The van der Waals surface area contributed by atoms with E-state index in [1.54, 1.807) is 0 Å². The summed E-state index contributed by atoms with van der Waals surface area (Å²) in [5.74, 6) is -1.47. The maximum atomic E-state index is 11.6. The molecule has 7 nitrogen and oxygen atoms in total. The van der Waals surface area contributed by atoms with Gasteiger partial charge >= 0.3 is 5.97 Å². The highest BCUT2D eigenvalue weighted by Crippen LogP contribution is 2.16. The van der Waals surface area contributed by atoms with Crippen molar-refractivity contribution in [1.82, 2.24) is 0 Å². The zero-order chi connectivity index (χ0) is 14.8. The summed E-state index contributed by atoms with van der Waals surface area (Å²) in [5.41, 5.74) is 0.0977. The summed E-state index contributed by atoms with van der Waals surface area (Å²) in [6, 6.07) is 4.97. The second-order valence-electron chi connectivity index (χ2n) is 3.92. The number of hydrogen-bond donors (Lipinski definition) is 2. The molecular formula is C10H13NO6S2. The van der Waals surface area contributed by atoms with Gasteiger partial charge in [0.1, 0.15) is 0 Å². The molecule has 0 fully saturated rings. The maximum absolute atomic E-state index is 11.6. The van der Waals surface area contributed by atoms with E-state index in [-0.39, 0.29) is 10.6 Å². The largest absolute Gasteiger partial charge is 0.480 e. The third kappa shape index (κ3) is 3.93. The topological polar surface area (TPSA) is 118 Å². The molecule has 0 spiro atoms. The van der Waals surface area contributed by atoms with Gasteiger partial charge in [0, 0.05) is 11.9 Å². The van der Waals surface area contributed by atoms with Crippen molar-refractivity contribution >= 4 is 31.5 Å². The minimum absolute atomic E-state index is 0.0433. The lowest BCUT2D eigenvalue weighted by Crippen LogP contribution is -2.32. The summed E-state index contributed by atoms with van der Waals surface area (Å²) in [6.45, 7) is 1.04. The molecule has 19 heavy (non-hydrogen) atoms. The molecule has 0 aromatic heterocycles. The van der Waals surface area contributed by atoms with Gasteiger partial charge in [-0.25, -0.2) is 16.8 Å². The van der Waals surface area contributed by atoms with Crippen molar-refractivity contribution in [1.29, 1.82) is 0 Å². The average Bonchev–Trinajstić information content (AvgIpc) is 2.26. The van der Waals surface area contributed by atoms with Crippen molar-refractivity contribution in [2.24, 2.45) is 0 Å². The van der Waals surface area contributed by atoms with Crippen LogP contribution in [-0.2, 0) is 24.7 Å². The number of nitrogens with one attached hydrogen (secondary N) is 1. The summed E-state index contributed by atoms with van der Waals surface area (Å²) < 4.78 is 47.7. The Balaban J connectivity index is 2.99. The van der Waals surface area contributed by atoms with E-state index in [0.29, 0.717) is 0 Å². The van der Waals surface area contributed by atoms with E-state index in [4.69, 9.17) is 5.11 Å². The van der Waals surface area contributed by atoms with E-state index >= 15 is 0 Å². The number of rotatable bonds is 5. The first kappa shape index (κ1) is 15.4. The minimum atomic E-state index is -4.06. The first-order valence-corrected chi connectivity index (χ1v) is 8.52. The number of sulfone groups is 1. The van der Waals surface area contributed by atoms with Crippen LogP contribution in [0.1, 0.15) is 6.92 Å². The fourth-order valence-corrected chi connectivity index (χ4v) is 2.69. The van der Waals surface area contributed by atoms with E-state index in [2.05, 4.69) is 4.72 Å². The predicted octanol–water partition coefficient (Wildman–Crippen LogP) is 0.305. The van der Waals surface area contributed by atoms with Crippen molar-refractivity contribution in [2.45, 2.75) is 17.1 Å². The van der Waals surface area contributed by atoms with Crippen molar-refractivity contribution in [2.75, 3.05) is 11.0 Å². The van der Waals surface area contributed by atoms with Gasteiger partial charge in [-0.15, -0.1) is 0 Å². The molecule has 0 aliphatic rings. The SMILES string of the molecule is CC(C(=O)O)S(=O)(=O)Nc1ccc(S(C)(=O)=O)cc1. The molecule has 0 radical (unpaired) electrons. The average molecular weight is 307 g/mol. The molecule has 106 valence electrons. The number of benzene rings is 1. The van der Waals surface area contributed by atoms with Gasteiger partial charge in [0.25, 0.3) is 0 Å². The number of sulfonamides is 1. The van der Waals surface area contributed by atoms with Crippen LogP contribution in [0.2, 0.25) is 0 Å². The van der Waals surface area contributed by atoms with Gasteiger partial charge in [-0.05, 0) is 31.2 Å². The molecule has 0 heterocycles. The van der Waals surface area contributed by atoms with Crippen molar-refractivity contribution < 1.29 is 26.7 Å². The van der Waals surface area contributed by atoms with Gasteiger partial charge in [-0.3, -0.25) is 9.52 Å². The van der Waals surface area contributed by atoms with Crippen LogP contribution in [0.15, 0.2) is 29.2 Å². The van der Waals surface area contributed by atoms with Crippen LogP contribution >= 0.6 is 0 Å². The number of carbonyl (C=O) groups is 1. The second-order valence-corrected chi connectivity index (χ2v) is 7.94. The third-order valence-electron chi connectivity index (χ3n) is 2.36. The fraction of sp³-hybridized carbons (Fsp3) is 0.300. The second kappa shape index (κ2) is 5.17. The first-order valence-electron chi connectivity index (χ1n) is 5.08. The zero-order valence-corrected chi connectivity index (χ0v) is 11.8. The van der Waals surface area contributed by atoms with Gasteiger partial charge in [-0.2, -0.15) is 0 Å². The Morgan fingerprint density at radius 1 is 1.16 bits per heavy atom. The molecule has 0 bridgehead atoms. The van der Waals surface area contributed by atoms with E-state index in [0.717, 1.165) is 13.2 Å². The van der Waals surface area contributed by atoms with E-state index < -0.39 is 31.1 Å². The number of anilines is 1. The molecule has 1 aromatic rings. The smallest absolute Gasteiger partial charge is 0.323 e. The van der Waals surface area contributed by atoms with E-state index in [1.807, 2.05) is 0 Å². The summed E-state index contributed by atoms with van der Waals surface area (Å²) in [4.78, 5) is 10.7. The molecule has 1 atom stereocenters. The molecule has 0 saturated heterocycles. The Morgan fingerprint density at radius 3 is 2.00 bits per heavy atom. The molecule has 0 aliphatic heterocycles. The highest BCUT2D eigenvalue weighted by Gasteiger charge is 2.27. The Morgan fingerprint density at radius 2 is 1.63 bits per heavy atom. The summed E-state index contributed by atoms with van der Waals surface area (Å²) in [7, 11) is -7.42. The number of carboxylic acids is 1. The highest BCUT2D eigenvalue weighted by atomic mass is 32.2. The molecule has 0 saturated carbocycles. The molecule has 1 unspecified atom stereocenters. The lowest BCUT2D eigenvalue weighted by molar-refractivity contribution is -0.136. The standard InChI is InChI=1S/C10H13NO6S2/c1-7(10(12)13)19(16,17)11-8-3-5-9(6-4-8)18(2,14)15/h3-7,11H,1-2H3,(H,12,13). The minimum Gasteiger partial charge on any atom is -0.480 e. The normalized spacial score (nSPS) is 13.8. The molecule has 2 N–H and O–H groups in total. The lowest BCUT2D eigenvalue weighted by atomic mass is 10.3. The van der Waals surface area contributed by atoms with Crippen molar-refractivity contribution in [3.63, 3.8) is 0 Å². The van der Waals surface area contributed by atoms with Crippen LogP contribution < -0.4 is 4.72 Å². The van der Waals surface area contributed by atoms with Gasteiger partial charge < -0.3 is 5.11 Å². The van der Waals surface area contributed by atoms with Crippen LogP contribution in [-0.4, -0.2) is 39.4 Å². The summed E-state index contributed by atoms with van der Waals surface area (Å²) in [6.07, 6.45) is 1.03. The Bertz CT molecular complexity index is 675. The van der Waals surface area contributed by atoms with Gasteiger partial charge in [0.05, 0.1) is 4.90 Å². The van der Waals surface area contributed by atoms with Crippen molar-refractivity contribution in [3.05, 3.63) is 24.3 Å². The van der Waals surface area contributed by atoms with Gasteiger partial charge in [-0.1, -0.05) is 0 Å². The molecule has 0 aliphatic carbocycles. The van der Waals surface area contributed by atoms with Crippen LogP contribution in [0.4, 0.5) is 5.69 Å². The van der Waals surface area contributed by atoms with Crippen molar-refractivity contribution in [3.8, 4) is 0 Å². The summed E-state index contributed by atoms with van der Waals surface area (Å²) in [5, 5.41) is 7.04. The summed E-state index contributed by atoms with van der Waals surface area (Å²) >= 11 is 0. The molecule has 9 heteroatoms. The van der Waals surface area contributed by atoms with Crippen LogP contribution in [0.25, 0.3) is 0 Å². The van der Waals surface area contributed by atoms with Gasteiger partial charge in [0.15, 0.2) is 15.1 Å². The van der Waals surface area contributed by atoms with Crippen LogP contribution in [0, 0.1) is 0 Å². The predicted molar refractivity (Wildman–Crippen MR) is 69.2 cm³/mol. The monoisotopic (exact) mass is 307 g/mol. The molecular weight excluding hydrogens is 294 g/mol. The zero-order valence-electron chi connectivity index (χ0n) is 10.2. The molecule has 1 rings (SSSR count). The van der Waals surface area contributed by atoms with E-state index in [9.17, 15) is 21.6 Å². The first-order chi connectivity index (χ1) is 8.54. The maximum Gasteiger partial charge on any atom is 0.323 e. The number of carboxylic acid groups (broad SMARTS) is 1. The number of hydrogen-bond acceptors (Lipinski definition) is 5. The van der Waals surface area contributed by atoms with E-state index in [1.165, 1.54) is 24.3 Å². The Kier molecular flexibility index (Phi) is 4.21. The third-order valence-corrected chi connectivity index (χ3v) is 5.14. The fourth-order valence-electron chi connectivity index (χ4n) is 1.16. The highest BCUT2D eigenvalue weighted by molar-refractivity contribution is 7.94.